The molecule has 0 atom stereocenters. The van der Waals surface area contributed by atoms with Crippen molar-refractivity contribution in [1.82, 2.24) is 19.5 Å². The van der Waals surface area contributed by atoms with Gasteiger partial charge in [-0.2, -0.15) is 0 Å². The molecule has 4 heterocycles. The standard InChI is InChI=1S/C51H30N4S2/c1-4-13-31(14-5-1)49-52-50(32-15-6-2-7-16-32)54-51(53-49)38-21-12-20-37-41-28-34(24-26-46(41)57-48(37)38)33-23-25-43-39(27-33)40-30-47-42(36-19-10-11-22-45(36)56-47)29-44(40)55(43)35-17-8-3-9-18-35/h1-30H. The van der Waals surface area contributed by atoms with Gasteiger partial charge in [-0.1, -0.05) is 121 Å². The molecule has 0 fully saturated rings. The molecule has 4 nitrogen and oxygen atoms in total. The lowest BCUT2D eigenvalue weighted by molar-refractivity contribution is 1.08. The van der Waals surface area contributed by atoms with Crippen LogP contribution in [0.5, 0.6) is 0 Å². The molecule has 0 aliphatic rings. The van der Waals surface area contributed by atoms with Gasteiger partial charge in [0.1, 0.15) is 0 Å². The lowest BCUT2D eigenvalue weighted by Crippen LogP contribution is -2.00. The second-order valence-corrected chi connectivity index (χ2v) is 16.5. The molecule has 0 aliphatic carbocycles. The van der Waals surface area contributed by atoms with Crippen molar-refractivity contribution >= 4 is 84.8 Å². The fourth-order valence-electron chi connectivity index (χ4n) is 8.36. The molecule has 0 spiro atoms. The number of aromatic nitrogens is 4. The van der Waals surface area contributed by atoms with E-state index in [0.29, 0.717) is 17.5 Å². The second-order valence-electron chi connectivity index (χ2n) is 14.4. The number of para-hydroxylation sites is 1. The summed E-state index contributed by atoms with van der Waals surface area (Å²) in [4.78, 5) is 15.1. The highest BCUT2D eigenvalue weighted by molar-refractivity contribution is 7.26. The maximum Gasteiger partial charge on any atom is 0.165 e. The average Bonchev–Trinajstić information content (AvgIpc) is 3.95. The van der Waals surface area contributed by atoms with Gasteiger partial charge >= 0.3 is 0 Å². The van der Waals surface area contributed by atoms with Gasteiger partial charge in [-0.3, -0.25) is 0 Å². The molecule has 0 amide bonds. The van der Waals surface area contributed by atoms with E-state index in [-0.39, 0.29) is 0 Å². The van der Waals surface area contributed by atoms with Gasteiger partial charge < -0.3 is 4.57 Å². The lowest BCUT2D eigenvalue weighted by Gasteiger charge is -2.09. The van der Waals surface area contributed by atoms with Crippen molar-refractivity contribution in [2.45, 2.75) is 0 Å². The Morgan fingerprint density at radius 1 is 0.333 bits per heavy atom. The Hall–Kier alpha value is -6.99. The van der Waals surface area contributed by atoms with Crippen LogP contribution in [0.1, 0.15) is 0 Å². The normalized spacial score (nSPS) is 11.9. The SMILES string of the molecule is c1ccc(-c2nc(-c3ccccc3)nc(-c3cccc4c3sc3ccc(-c5ccc6c(c5)c5cc7sc8ccccc8c7cc5n6-c5ccccc5)cc34)n2)cc1. The summed E-state index contributed by atoms with van der Waals surface area (Å²) in [5, 5.41) is 7.57. The van der Waals surface area contributed by atoms with Crippen LogP contribution in [0.25, 0.3) is 113 Å². The number of benzene rings is 8. The number of hydrogen-bond donors (Lipinski definition) is 0. The van der Waals surface area contributed by atoms with Crippen molar-refractivity contribution in [2.75, 3.05) is 0 Å². The summed E-state index contributed by atoms with van der Waals surface area (Å²) in [6.45, 7) is 0. The zero-order chi connectivity index (χ0) is 37.5. The fourth-order valence-corrected chi connectivity index (χ4v) is 10.7. The summed E-state index contributed by atoms with van der Waals surface area (Å²) in [5.74, 6) is 2.00. The molecule has 12 rings (SSSR count). The molecule has 0 bridgehead atoms. The van der Waals surface area contributed by atoms with Gasteiger partial charge in [-0.25, -0.2) is 15.0 Å². The predicted octanol–water partition coefficient (Wildman–Crippen LogP) is 14.4. The van der Waals surface area contributed by atoms with Gasteiger partial charge in [0.2, 0.25) is 0 Å². The first kappa shape index (κ1) is 32.3. The molecular formula is C51H30N4S2. The number of hydrogen-bond acceptors (Lipinski definition) is 5. The van der Waals surface area contributed by atoms with E-state index in [1.54, 1.807) is 11.3 Å². The van der Waals surface area contributed by atoms with Crippen molar-refractivity contribution in [1.29, 1.82) is 0 Å². The van der Waals surface area contributed by atoms with E-state index in [1.165, 1.54) is 73.3 Å². The third kappa shape index (κ3) is 5.22. The van der Waals surface area contributed by atoms with Gasteiger partial charge in [0.05, 0.1) is 11.0 Å². The Labute approximate surface area is 335 Å². The Bertz CT molecular complexity index is 3450. The van der Waals surface area contributed by atoms with Crippen LogP contribution in [0.4, 0.5) is 0 Å². The first-order valence-electron chi connectivity index (χ1n) is 19.0. The van der Waals surface area contributed by atoms with Crippen molar-refractivity contribution in [3.05, 3.63) is 182 Å². The van der Waals surface area contributed by atoms with Crippen molar-refractivity contribution in [3.8, 4) is 51.0 Å². The number of rotatable bonds is 5. The third-order valence-corrected chi connectivity index (χ3v) is 13.4. The quantitative estimate of drug-likeness (QED) is 0.175. The molecule has 0 saturated heterocycles. The van der Waals surface area contributed by atoms with Crippen LogP contribution >= 0.6 is 22.7 Å². The topological polar surface area (TPSA) is 43.6 Å². The van der Waals surface area contributed by atoms with Crippen LogP contribution < -0.4 is 0 Å². The molecule has 6 heteroatoms. The first-order chi connectivity index (χ1) is 28.2. The number of thiophene rings is 2. The fraction of sp³-hybridized carbons (Fsp3) is 0. The molecule has 12 aromatic rings. The molecule has 4 aromatic heterocycles. The minimum Gasteiger partial charge on any atom is -0.309 e. The van der Waals surface area contributed by atoms with E-state index in [0.717, 1.165) is 22.4 Å². The number of nitrogens with zero attached hydrogens (tertiary/aromatic N) is 4. The van der Waals surface area contributed by atoms with Gasteiger partial charge in [-0.15, -0.1) is 22.7 Å². The molecule has 0 radical (unpaired) electrons. The summed E-state index contributed by atoms with van der Waals surface area (Å²) < 4.78 is 7.46. The van der Waals surface area contributed by atoms with Gasteiger partial charge in [0.15, 0.2) is 17.5 Å². The molecule has 8 aromatic carbocycles. The van der Waals surface area contributed by atoms with Crippen LogP contribution in [-0.2, 0) is 0 Å². The molecule has 0 N–H and O–H groups in total. The highest BCUT2D eigenvalue weighted by atomic mass is 32.1. The molecule has 57 heavy (non-hydrogen) atoms. The highest BCUT2D eigenvalue weighted by Crippen LogP contribution is 2.44. The summed E-state index contributed by atoms with van der Waals surface area (Å²) in [5.41, 5.74) is 8.91. The number of fused-ring (bicyclic) bond motifs is 9. The monoisotopic (exact) mass is 762 g/mol. The Kier molecular flexibility index (Phi) is 7.24. The van der Waals surface area contributed by atoms with E-state index in [1.807, 2.05) is 47.7 Å². The minimum atomic E-state index is 0.664. The predicted molar refractivity (Wildman–Crippen MR) is 242 cm³/mol. The highest BCUT2D eigenvalue weighted by Gasteiger charge is 2.19. The largest absolute Gasteiger partial charge is 0.309 e. The minimum absolute atomic E-state index is 0.664. The molecule has 0 unspecified atom stereocenters. The maximum atomic E-state index is 5.08. The van der Waals surface area contributed by atoms with Crippen molar-refractivity contribution in [2.24, 2.45) is 0 Å². The van der Waals surface area contributed by atoms with Crippen molar-refractivity contribution in [3.63, 3.8) is 0 Å². The van der Waals surface area contributed by atoms with Crippen LogP contribution in [0, 0.1) is 0 Å². The molecule has 0 aliphatic heterocycles. The van der Waals surface area contributed by atoms with Crippen LogP contribution in [0.3, 0.4) is 0 Å². The second kappa shape index (κ2) is 12.8. The first-order valence-corrected chi connectivity index (χ1v) is 20.6. The third-order valence-electron chi connectivity index (χ3n) is 11.0. The molecule has 0 saturated carbocycles. The van der Waals surface area contributed by atoms with Gasteiger partial charge in [0.25, 0.3) is 0 Å². The Balaban J connectivity index is 1.03. The Morgan fingerprint density at radius 3 is 1.67 bits per heavy atom. The molecular weight excluding hydrogens is 733 g/mol. The van der Waals surface area contributed by atoms with Crippen LogP contribution in [0.2, 0.25) is 0 Å². The van der Waals surface area contributed by atoms with Crippen LogP contribution in [0.15, 0.2) is 182 Å². The van der Waals surface area contributed by atoms with Gasteiger partial charge in [0, 0.05) is 73.5 Å². The van der Waals surface area contributed by atoms with E-state index in [2.05, 4.69) is 150 Å². The zero-order valence-corrected chi connectivity index (χ0v) is 32.1. The summed E-state index contributed by atoms with van der Waals surface area (Å²) >= 11 is 3.67. The Morgan fingerprint density at radius 2 is 0.912 bits per heavy atom. The van der Waals surface area contributed by atoms with E-state index in [9.17, 15) is 0 Å². The van der Waals surface area contributed by atoms with Crippen LogP contribution in [-0.4, -0.2) is 19.5 Å². The van der Waals surface area contributed by atoms with E-state index in [4.69, 9.17) is 15.0 Å². The summed E-state index contributed by atoms with van der Waals surface area (Å²) in [7, 11) is 0. The zero-order valence-electron chi connectivity index (χ0n) is 30.4. The van der Waals surface area contributed by atoms with E-state index < -0.39 is 0 Å². The maximum absolute atomic E-state index is 5.08. The van der Waals surface area contributed by atoms with Crippen molar-refractivity contribution < 1.29 is 0 Å². The molecule has 266 valence electrons. The average molecular weight is 763 g/mol. The lowest BCUT2D eigenvalue weighted by atomic mass is 10.00. The smallest absolute Gasteiger partial charge is 0.165 e. The summed E-state index contributed by atoms with van der Waals surface area (Å²) in [6, 6.07) is 65.0. The summed E-state index contributed by atoms with van der Waals surface area (Å²) in [6.07, 6.45) is 0. The van der Waals surface area contributed by atoms with Gasteiger partial charge in [-0.05, 0) is 71.8 Å². The van der Waals surface area contributed by atoms with E-state index >= 15 is 0 Å².